The smallest absolute Gasteiger partial charge is 0.256 e. The normalized spacial score (nSPS) is 17.7. The van der Waals surface area contributed by atoms with Crippen LogP contribution in [0.1, 0.15) is 34.5 Å². The highest BCUT2D eigenvalue weighted by Crippen LogP contribution is 2.33. The van der Waals surface area contributed by atoms with Crippen LogP contribution in [0.25, 0.3) is 11.6 Å². The van der Waals surface area contributed by atoms with E-state index in [1.807, 2.05) is 42.2 Å². The molecule has 0 atom stereocenters. The van der Waals surface area contributed by atoms with Crippen molar-refractivity contribution in [3.63, 3.8) is 0 Å². The number of hydrogen-bond donors (Lipinski definition) is 3. The van der Waals surface area contributed by atoms with E-state index in [1.54, 1.807) is 0 Å². The molecule has 4 rings (SSSR count). The third-order valence-corrected chi connectivity index (χ3v) is 5.69. The molecule has 2 aliphatic rings. The fourth-order valence-electron chi connectivity index (χ4n) is 4.07. The lowest BCUT2D eigenvalue weighted by Crippen LogP contribution is -2.46. The number of hydrogen-bond acceptors (Lipinski definition) is 3. The Morgan fingerprint density at radius 1 is 1.18 bits per heavy atom. The number of H-pyrrole nitrogens is 1. The summed E-state index contributed by atoms with van der Waals surface area (Å²) in [5.74, 6) is 0.133. The van der Waals surface area contributed by atoms with E-state index in [1.165, 1.54) is 5.56 Å². The molecule has 0 radical (unpaired) electrons. The minimum absolute atomic E-state index is 0.0803. The molecular formula is C22H26N4O2. The predicted octanol–water partition coefficient (Wildman–Crippen LogP) is 2.49. The summed E-state index contributed by atoms with van der Waals surface area (Å²) in [6, 6.07) is 7.72. The van der Waals surface area contributed by atoms with Gasteiger partial charge in [0.25, 0.3) is 5.91 Å². The molecule has 2 aliphatic heterocycles. The van der Waals surface area contributed by atoms with Gasteiger partial charge in [-0.2, -0.15) is 0 Å². The minimum atomic E-state index is -0.0803. The van der Waals surface area contributed by atoms with Crippen molar-refractivity contribution in [3.05, 3.63) is 52.3 Å². The number of carbonyl (C=O) groups excluding carboxylic acids is 2. The fourth-order valence-corrected chi connectivity index (χ4v) is 4.07. The Kier molecular flexibility index (Phi) is 5.05. The summed E-state index contributed by atoms with van der Waals surface area (Å²) in [7, 11) is 0. The van der Waals surface area contributed by atoms with Crippen LogP contribution in [0.5, 0.6) is 0 Å². The quantitative estimate of drug-likeness (QED) is 0.716. The minimum Gasteiger partial charge on any atom is -0.359 e. The van der Waals surface area contributed by atoms with Crippen molar-refractivity contribution < 1.29 is 9.59 Å². The second-order valence-corrected chi connectivity index (χ2v) is 7.46. The number of aromatic amines is 1. The number of aromatic nitrogens is 1. The molecule has 2 amide bonds. The number of anilines is 1. The lowest BCUT2D eigenvalue weighted by atomic mass is 10.0. The Balaban J connectivity index is 1.53. The van der Waals surface area contributed by atoms with E-state index in [0.29, 0.717) is 18.4 Å². The zero-order chi connectivity index (χ0) is 19.7. The van der Waals surface area contributed by atoms with E-state index in [9.17, 15) is 9.59 Å². The lowest BCUT2D eigenvalue weighted by molar-refractivity contribution is -0.131. The van der Waals surface area contributed by atoms with Crippen LogP contribution in [0, 0.1) is 13.8 Å². The van der Waals surface area contributed by atoms with Crippen molar-refractivity contribution in [2.45, 2.75) is 26.7 Å². The lowest BCUT2D eigenvalue weighted by Gasteiger charge is -2.27. The average molecular weight is 378 g/mol. The van der Waals surface area contributed by atoms with Crippen LogP contribution in [0.4, 0.5) is 5.69 Å². The standard InChI is InChI=1S/C22H26N4O2/c1-14-16(7-8-21(27)26-11-9-23-10-12-26)15(2)24-20(14)13-18-17-5-3-4-6-19(17)25-22(18)28/h3-6,13,23-24H,7-12H2,1-2H3,(H,25,28)/b18-13+. The second-order valence-electron chi connectivity index (χ2n) is 7.46. The van der Waals surface area contributed by atoms with Gasteiger partial charge in [0, 0.05) is 55.2 Å². The number of para-hydroxylation sites is 1. The van der Waals surface area contributed by atoms with E-state index >= 15 is 0 Å². The van der Waals surface area contributed by atoms with Crippen LogP contribution in [0.2, 0.25) is 0 Å². The van der Waals surface area contributed by atoms with E-state index < -0.39 is 0 Å². The number of benzene rings is 1. The SMILES string of the molecule is Cc1[nH]c(/C=C2/C(=O)Nc3ccccc32)c(C)c1CCC(=O)N1CCNCC1. The number of piperazine rings is 1. The van der Waals surface area contributed by atoms with Gasteiger partial charge < -0.3 is 20.5 Å². The van der Waals surface area contributed by atoms with Crippen LogP contribution in [0.3, 0.4) is 0 Å². The number of nitrogens with zero attached hydrogens (tertiary/aromatic N) is 1. The van der Waals surface area contributed by atoms with Crippen molar-refractivity contribution >= 4 is 29.2 Å². The van der Waals surface area contributed by atoms with Gasteiger partial charge in [0.1, 0.15) is 0 Å². The van der Waals surface area contributed by atoms with Gasteiger partial charge in [-0.25, -0.2) is 0 Å². The summed E-state index contributed by atoms with van der Waals surface area (Å²) in [4.78, 5) is 30.2. The van der Waals surface area contributed by atoms with Gasteiger partial charge in [0.15, 0.2) is 0 Å². The molecule has 0 aliphatic carbocycles. The van der Waals surface area contributed by atoms with E-state index in [0.717, 1.165) is 54.4 Å². The fraction of sp³-hybridized carbons (Fsp3) is 0.364. The highest BCUT2D eigenvalue weighted by molar-refractivity contribution is 6.34. The van der Waals surface area contributed by atoms with Crippen LogP contribution in [-0.4, -0.2) is 47.9 Å². The summed E-state index contributed by atoms with van der Waals surface area (Å²) in [5.41, 5.74) is 6.71. The van der Waals surface area contributed by atoms with E-state index in [2.05, 4.69) is 22.5 Å². The van der Waals surface area contributed by atoms with Crippen molar-refractivity contribution in [1.29, 1.82) is 0 Å². The van der Waals surface area contributed by atoms with Crippen molar-refractivity contribution in [1.82, 2.24) is 15.2 Å². The first kappa shape index (κ1) is 18.5. The summed E-state index contributed by atoms with van der Waals surface area (Å²) < 4.78 is 0. The maximum absolute atomic E-state index is 12.5. The van der Waals surface area contributed by atoms with Crippen LogP contribution >= 0.6 is 0 Å². The third-order valence-electron chi connectivity index (χ3n) is 5.69. The van der Waals surface area contributed by atoms with Gasteiger partial charge in [-0.15, -0.1) is 0 Å². The van der Waals surface area contributed by atoms with Gasteiger partial charge in [0.05, 0.1) is 5.57 Å². The average Bonchev–Trinajstić information content (AvgIpc) is 3.16. The monoisotopic (exact) mass is 378 g/mol. The number of carbonyl (C=O) groups is 2. The molecule has 3 heterocycles. The highest BCUT2D eigenvalue weighted by Gasteiger charge is 2.24. The molecule has 1 aromatic heterocycles. The molecule has 3 N–H and O–H groups in total. The Morgan fingerprint density at radius 2 is 1.93 bits per heavy atom. The highest BCUT2D eigenvalue weighted by atomic mass is 16.2. The molecule has 0 saturated carbocycles. The molecule has 28 heavy (non-hydrogen) atoms. The van der Waals surface area contributed by atoms with Gasteiger partial charge in [-0.3, -0.25) is 9.59 Å². The first-order valence-electron chi connectivity index (χ1n) is 9.83. The first-order valence-corrected chi connectivity index (χ1v) is 9.83. The summed E-state index contributed by atoms with van der Waals surface area (Å²) in [5, 5.41) is 6.18. The molecule has 146 valence electrons. The summed E-state index contributed by atoms with van der Waals surface area (Å²) in [6.45, 7) is 7.40. The second kappa shape index (κ2) is 7.64. The van der Waals surface area contributed by atoms with Crippen LogP contribution in [-0.2, 0) is 16.0 Å². The van der Waals surface area contributed by atoms with Crippen molar-refractivity contribution in [2.75, 3.05) is 31.5 Å². The van der Waals surface area contributed by atoms with Crippen LogP contribution in [0.15, 0.2) is 24.3 Å². The van der Waals surface area contributed by atoms with Crippen LogP contribution < -0.4 is 10.6 Å². The molecule has 1 fully saturated rings. The molecule has 0 spiro atoms. The maximum atomic E-state index is 12.5. The molecule has 1 aromatic carbocycles. The molecule has 6 nitrogen and oxygen atoms in total. The molecule has 0 bridgehead atoms. The van der Waals surface area contributed by atoms with Gasteiger partial charge >= 0.3 is 0 Å². The first-order chi connectivity index (χ1) is 13.5. The Labute approximate surface area is 165 Å². The molecular weight excluding hydrogens is 352 g/mol. The Bertz CT molecular complexity index is 951. The van der Waals surface area contributed by atoms with Crippen molar-refractivity contribution in [2.24, 2.45) is 0 Å². The molecule has 6 heteroatoms. The molecule has 2 aromatic rings. The molecule has 1 saturated heterocycles. The maximum Gasteiger partial charge on any atom is 0.256 e. The number of amides is 2. The third kappa shape index (κ3) is 3.47. The Hall–Kier alpha value is -2.86. The zero-order valence-corrected chi connectivity index (χ0v) is 16.4. The summed E-state index contributed by atoms with van der Waals surface area (Å²) >= 11 is 0. The van der Waals surface area contributed by atoms with E-state index in [-0.39, 0.29) is 11.8 Å². The van der Waals surface area contributed by atoms with Gasteiger partial charge in [0.2, 0.25) is 5.91 Å². The zero-order valence-electron chi connectivity index (χ0n) is 16.4. The van der Waals surface area contributed by atoms with Gasteiger partial charge in [-0.05, 0) is 43.5 Å². The van der Waals surface area contributed by atoms with Gasteiger partial charge in [-0.1, -0.05) is 18.2 Å². The van der Waals surface area contributed by atoms with E-state index in [4.69, 9.17) is 0 Å². The largest absolute Gasteiger partial charge is 0.359 e. The topological polar surface area (TPSA) is 77.2 Å². The number of fused-ring (bicyclic) bond motifs is 1. The number of nitrogens with one attached hydrogen (secondary N) is 3. The Morgan fingerprint density at radius 3 is 2.71 bits per heavy atom. The van der Waals surface area contributed by atoms with Crippen molar-refractivity contribution in [3.8, 4) is 0 Å². The summed E-state index contributed by atoms with van der Waals surface area (Å²) in [6.07, 6.45) is 3.15. The number of aryl methyl sites for hydroxylation is 1. The molecule has 0 unspecified atom stereocenters. The predicted molar refractivity (Wildman–Crippen MR) is 111 cm³/mol. The number of rotatable bonds is 4.